The van der Waals surface area contributed by atoms with E-state index in [0.717, 1.165) is 6.26 Å². The Balaban J connectivity index is 3.80. The lowest BCUT2D eigenvalue weighted by Gasteiger charge is -2.05. The molecule has 0 spiro atoms. The fourth-order valence-corrected chi connectivity index (χ4v) is 1.59. The third kappa shape index (κ3) is 5.55. The molecular formula is C5H10NO3S. The van der Waals surface area contributed by atoms with Crippen molar-refractivity contribution in [1.82, 2.24) is 5.32 Å². The first kappa shape index (κ1) is 9.42. The summed E-state index contributed by atoms with van der Waals surface area (Å²) in [6.07, 6.45) is 2.55. The molecule has 0 aliphatic rings. The minimum absolute atomic E-state index is 0.0394. The van der Waals surface area contributed by atoms with Crippen LogP contribution in [0.1, 0.15) is 6.92 Å². The van der Waals surface area contributed by atoms with E-state index in [0.29, 0.717) is 0 Å². The number of sulfone groups is 1. The van der Waals surface area contributed by atoms with Crippen molar-refractivity contribution in [2.24, 2.45) is 0 Å². The Kier molecular flexibility index (Phi) is 3.35. The molecule has 5 heteroatoms. The van der Waals surface area contributed by atoms with Crippen molar-refractivity contribution in [1.29, 1.82) is 0 Å². The molecule has 59 valence electrons. The number of nitrogens with one attached hydrogen (secondary N) is 1. The molecule has 1 N–H and O–H groups in total. The van der Waals surface area contributed by atoms with E-state index >= 15 is 0 Å². The SMILES string of the molecule is CC(CS(C)(=O)=O)N[C]=O. The van der Waals surface area contributed by atoms with Crippen LogP contribution in [0.4, 0.5) is 0 Å². The molecule has 1 radical (unpaired) electrons. The van der Waals surface area contributed by atoms with E-state index in [1.807, 2.05) is 0 Å². The Hall–Kier alpha value is -0.580. The van der Waals surface area contributed by atoms with Gasteiger partial charge < -0.3 is 5.32 Å². The zero-order valence-electron chi connectivity index (χ0n) is 5.92. The summed E-state index contributed by atoms with van der Waals surface area (Å²) in [5, 5.41) is 2.22. The highest BCUT2D eigenvalue weighted by atomic mass is 32.2. The van der Waals surface area contributed by atoms with Crippen LogP contribution in [-0.2, 0) is 14.6 Å². The zero-order chi connectivity index (χ0) is 8.20. The van der Waals surface area contributed by atoms with Crippen molar-refractivity contribution in [3.05, 3.63) is 0 Å². The van der Waals surface area contributed by atoms with E-state index in [-0.39, 0.29) is 11.8 Å². The molecule has 0 rings (SSSR count). The summed E-state index contributed by atoms with van der Waals surface area (Å²) in [5.41, 5.74) is 0. The summed E-state index contributed by atoms with van der Waals surface area (Å²) in [6.45, 7) is 1.60. The minimum Gasteiger partial charge on any atom is -0.344 e. The van der Waals surface area contributed by atoms with Gasteiger partial charge in [0.1, 0.15) is 9.84 Å². The van der Waals surface area contributed by atoms with E-state index in [2.05, 4.69) is 5.32 Å². The summed E-state index contributed by atoms with van der Waals surface area (Å²) in [5.74, 6) is -0.0394. The Labute approximate surface area is 60.5 Å². The van der Waals surface area contributed by atoms with Gasteiger partial charge in [0.25, 0.3) is 0 Å². The number of hydrogen-bond acceptors (Lipinski definition) is 3. The fraction of sp³-hybridized carbons (Fsp3) is 0.800. The molecular weight excluding hydrogens is 154 g/mol. The van der Waals surface area contributed by atoms with Crippen LogP contribution in [0.15, 0.2) is 0 Å². The van der Waals surface area contributed by atoms with E-state index in [9.17, 15) is 13.2 Å². The Morgan fingerprint density at radius 1 is 1.60 bits per heavy atom. The van der Waals surface area contributed by atoms with Gasteiger partial charge in [-0.15, -0.1) is 0 Å². The number of amides is 1. The van der Waals surface area contributed by atoms with Gasteiger partial charge >= 0.3 is 6.41 Å². The number of rotatable bonds is 4. The Morgan fingerprint density at radius 3 is 2.40 bits per heavy atom. The lowest BCUT2D eigenvalue weighted by Crippen LogP contribution is -2.31. The average molecular weight is 164 g/mol. The summed E-state index contributed by atoms with van der Waals surface area (Å²) >= 11 is 0. The van der Waals surface area contributed by atoms with Crippen LogP contribution in [0.25, 0.3) is 0 Å². The van der Waals surface area contributed by atoms with Gasteiger partial charge in [-0.25, -0.2) is 8.42 Å². The van der Waals surface area contributed by atoms with Crippen molar-refractivity contribution in [3.63, 3.8) is 0 Å². The van der Waals surface area contributed by atoms with Crippen LogP contribution in [-0.4, -0.2) is 32.9 Å². The van der Waals surface area contributed by atoms with E-state index < -0.39 is 9.84 Å². The highest BCUT2D eigenvalue weighted by Crippen LogP contribution is 1.87. The second kappa shape index (κ2) is 3.55. The lowest BCUT2D eigenvalue weighted by atomic mass is 10.4. The third-order valence-corrected chi connectivity index (χ3v) is 1.96. The molecule has 0 aromatic carbocycles. The fourth-order valence-electron chi connectivity index (χ4n) is 0.596. The largest absolute Gasteiger partial charge is 0.344 e. The van der Waals surface area contributed by atoms with Gasteiger partial charge in [0, 0.05) is 12.3 Å². The van der Waals surface area contributed by atoms with Crippen molar-refractivity contribution in [3.8, 4) is 0 Å². The molecule has 0 aliphatic heterocycles. The summed E-state index contributed by atoms with van der Waals surface area (Å²) in [4.78, 5) is 9.67. The van der Waals surface area contributed by atoms with E-state index in [4.69, 9.17) is 0 Å². The van der Waals surface area contributed by atoms with Gasteiger partial charge in [0.15, 0.2) is 0 Å². The topological polar surface area (TPSA) is 63.2 Å². The maximum absolute atomic E-state index is 10.5. The van der Waals surface area contributed by atoms with E-state index in [1.165, 1.54) is 6.41 Å². The molecule has 4 nitrogen and oxygen atoms in total. The van der Waals surface area contributed by atoms with Crippen molar-refractivity contribution in [2.45, 2.75) is 13.0 Å². The zero-order valence-corrected chi connectivity index (χ0v) is 6.73. The predicted octanol–water partition coefficient (Wildman–Crippen LogP) is -0.924. The highest BCUT2D eigenvalue weighted by Gasteiger charge is 2.08. The second-order valence-corrected chi connectivity index (χ2v) is 4.42. The van der Waals surface area contributed by atoms with Crippen molar-refractivity contribution >= 4 is 16.2 Å². The molecule has 1 unspecified atom stereocenters. The number of hydrogen-bond donors (Lipinski definition) is 1. The van der Waals surface area contributed by atoms with Crippen LogP contribution < -0.4 is 5.32 Å². The molecule has 0 aromatic rings. The van der Waals surface area contributed by atoms with E-state index in [1.54, 1.807) is 6.92 Å². The molecule has 0 aromatic heterocycles. The van der Waals surface area contributed by atoms with Crippen molar-refractivity contribution in [2.75, 3.05) is 12.0 Å². The van der Waals surface area contributed by atoms with Gasteiger partial charge in [-0.3, -0.25) is 4.79 Å². The highest BCUT2D eigenvalue weighted by molar-refractivity contribution is 7.90. The predicted molar refractivity (Wildman–Crippen MR) is 38.0 cm³/mol. The molecule has 10 heavy (non-hydrogen) atoms. The molecule has 0 fully saturated rings. The first-order chi connectivity index (χ1) is 4.45. The van der Waals surface area contributed by atoms with Crippen LogP contribution in [0.2, 0.25) is 0 Å². The van der Waals surface area contributed by atoms with Crippen LogP contribution in [0, 0.1) is 0 Å². The van der Waals surface area contributed by atoms with Crippen LogP contribution in [0.5, 0.6) is 0 Å². The van der Waals surface area contributed by atoms with Gasteiger partial charge in [-0.05, 0) is 6.92 Å². The normalized spacial score (nSPS) is 14.2. The molecule has 0 saturated carbocycles. The molecule has 1 amide bonds. The smallest absolute Gasteiger partial charge is 0.309 e. The van der Waals surface area contributed by atoms with Crippen LogP contribution in [0.3, 0.4) is 0 Å². The lowest BCUT2D eigenvalue weighted by molar-refractivity contribution is 0.530. The first-order valence-corrected chi connectivity index (χ1v) is 4.82. The first-order valence-electron chi connectivity index (χ1n) is 2.76. The maximum atomic E-state index is 10.5. The molecule has 0 saturated heterocycles. The van der Waals surface area contributed by atoms with Gasteiger partial charge in [0.2, 0.25) is 0 Å². The molecule has 0 heterocycles. The summed E-state index contributed by atoms with van der Waals surface area (Å²) in [6, 6.07) is -0.354. The quantitative estimate of drug-likeness (QED) is 0.546. The Morgan fingerprint density at radius 2 is 2.10 bits per heavy atom. The maximum Gasteiger partial charge on any atom is 0.309 e. The van der Waals surface area contributed by atoms with Gasteiger partial charge in [-0.1, -0.05) is 0 Å². The summed E-state index contributed by atoms with van der Waals surface area (Å²) in [7, 11) is -2.99. The monoisotopic (exact) mass is 164 g/mol. The molecule has 0 bridgehead atoms. The third-order valence-electron chi connectivity index (χ3n) is 0.858. The molecule has 0 aliphatic carbocycles. The second-order valence-electron chi connectivity index (χ2n) is 2.24. The summed E-state index contributed by atoms with van der Waals surface area (Å²) < 4.78 is 21.1. The van der Waals surface area contributed by atoms with Crippen molar-refractivity contribution < 1.29 is 13.2 Å². The minimum atomic E-state index is -2.99. The Bertz CT molecular complexity index is 197. The van der Waals surface area contributed by atoms with Gasteiger partial charge in [0.05, 0.1) is 5.75 Å². The van der Waals surface area contributed by atoms with Gasteiger partial charge in [-0.2, -0.15) is 0 Å². The molecule has 1 atom stereocenters. The van der Waals surface area contributed by atoms with Crippen LogP contribution >= 0.6 is 0 Å². The number of carbonyl (C=O) groups excluding carboxylic acids is 1. The standard InChI is InChI=1S/C5H10NO3S/c1-5(6-4-7)3-10(2,8)9/h5H,3H2,1-2H3,(H,6,7). The average Bonchev–Trinajstić information content (AvgIpc) is 1.59.